The molecule has 1 N–H and O–H groups in total. The molecule has 0 radical (unpaired) electrons. The van der Waals surface area contributed by atoms with Crippen LogP contribution in [0.3, 0.4) is 0 Å². The van der Waals surface area contributed by atoms with Gasteiger partial charge >= 0.3 is 5.97 Å². The van der Waals surface area contributed by atoms with E-state index in [-0.39, 0.29) is 5.92 Å². The molecule has 1 aromatic rings. The molecule has 14 heavy (non-hydrogen) atoms. The molecule has 1 unspecified atom stereocenters. The molecule has 4 nitrogen and oxygen atoms in total. The summed E-state index contributed by atoms with van der Waals surface area (Å²) in [6, 6.07) is 0. The highest BCUT2D eigenvalue weighted by Gasteiger charge is 2.49. The Morgan fingerprint density at radius 3 is 2.71 bits per heavy atom. The van der Waals surface area contributed by atoms with E-state index in [4.69, 9.17) is 0 Å². The first-order valence-corrected chi connectivity index (χ1v) is 4.80. The average Bonchev–Trinajstić information content (AvgIpc) is 2.88. The lowest BCUT2D eigenvalue weighted by Crippen LogP contribution is -2.41. The molecule has 0 aliphatic heterocycles. The van der Waals surface area contributed by atoms with E-state index in [0.29, 0.717) is 0 Å². The fourth-order valence-corrected chi connectivity index (χ4v) is 1.77. The summed E-state index contributed by atoms with van der Waals surface area (Å²) in [5.41, 5.74) is 0.145. The molecule has 2 rings (SSSR count). The quantitative estimate of drug-likeness (QED) is 0.791. The lowest BCUT2D eigenvalue weighted by Gasteiger charge is -2.25. The Labute approximate surface area is 82.5 Å². The first kappa shape index (κ1) is 9.24. The Hall–Kier alpha value is -1.32. The van der Waals surface area contributed by atoms with E-state index in [1.165, 1.54) is 0 Å². The zero-order valence-electron chi connectivity index (χ0n) is 8.40. The Morgan fingerprint density at radius 2 is 2.36 bits per heavy atom. The third-order valence-corrected chi connectivity index (χ3v) is 2.99. The average molecular weight is 194 g/mol. The Morgan fingerprint density at radius 1 is 1.71 bits per heavy atom. The molecule has 1 aliphatic carbocycles. The summed E-state index contributed by atoms with van der Waals surface area (Å²) in [6.45, 7) is 3.66. The lowest BCUT2D eigenvalue weighted by molar-refractivity contribution is -0.148. The largest absolute Gasteiger partial charge is 0.479 e. The van der Waals surface area contributed by atoms with Crippen LogP contribution in [0.5, 0.6) is 0 Å². The minimum Gasteiger partial charge on any atom is -0.479 e. The molecule has 1 atom stereocenters. The number of aromatic nitrogens is 2. The number of hydrogen-bond acceptors (Lipinski definition) is 2. The van der Waals surface area contributed by atoms with Crippen molar-refractivity contribution in [1.82, 2.24) is 9.78 Å². The van der Waals surface area contributed by atoms with Gasteiger partial charge in [0.05, 0.1) is 6.20 Å². The molecule has 0 bridgehead atoms. The van der Waals surface area contributed by atoms with Crippen LogP contribution < -0.4 is 0 Å². The van der Waals surface area contributed by atoms with Gasteiger partial charge in [0.15, 0.2) is 5.54 Å². The van der Waals surface area contributed by atoms with Crippen molar-refractivity contribution in [3.8, 4) is 0 Å². The monoisotopic (exact) mass is 194 g/mol. The molecule has 0 saturated heterocycles. The highest BCUT2D eigenvalue weighted by atomic mass is 16.4. The van der Waals surface area contributed by atoms with Gasteiger partial charge < -0.3 is 5.11 Å². The number of carboxylic acid groups (broad SMARTS) is 1. The summed E-state index contributed by atoms with van der Waals surface area (Å²) in [5.74, 6) is -0.553. The summed E-state index contributed by atoms with van der Waals surface area (Å²) >= 11 is 0. The summed E-state index contributed by atoms with van der Waals surface area (Å²) in [4.78, 5) is 11.3. The number of aryl methyl sites for hydroxylation is 1. The molecule has 1 heterocycles. The number of carboxylic acids is 1. The molecular formula is C10H14N2O2. The second-order valence-corrected chi connectivity index (χ2v) is 4.19. The number of nitrogens with zero attached hydrogens (tertiary/aromatic N) is 2. The van der Waals surface area contributed by atoms with Gasteiger partial charge in [-0.25, -0.2) is 4.79 Å². The molecule has 1 aromatic heterocycles. The van der Waals surface area contributed by atoms with Crippen LogP contribution in [0.25, 0.3) is 0 Å². The van der Waals surface area contributed by atoms with Crippen LogP contribution in [-0.4, -0.2) is 20.9 Å². The van der Waals surface area contributed by atoms with Crippen LogP contribution in [0.2, 0.25) is 0 Å². The molecule has 0 amide bonds. The third-order valence-electron chi connectivity index (χ3n) is 2.99. The van der Waals surface area contributed by atoms with Gasteiger partial charge in [-0.1, -0.05) is 0 Å². The van der Waals surface area contributed by atoms with E-state index in [2.05, 4.69) is 5.10 Å². The number of hydrogen-bond donors (Lipinski definition) is 1. The van der Waals surface area contributed by atoms with Crippen LogP contribution in [-0.2, 0) is 10.3 Å². The number of rotatable bonds is 3. The van der Waals surface area contributed by atoms with Gasteiger partial charge in [0.2, 0.25) is 0 Å². The third kappa shape index (κ3) is 1.22. The van der Waals surface area contributed by atoms with E-state index in [0.717, 1.165) is 18.4 Å². The van der Waals surface area contributed by atoms with E-state index in [1.807, 2.05) is 6.92 Å². The molecule has 0 spiro atoms. The number of carbonyl (C=O) groups is 1. The van der Waals surface area contributed by atoms with E-state index in [1.54, 1.807) is 24.0 Å². The predicted octanol–water partition coefficient (Wildman–Crippen LogP) is 1.40. The second kappa shape index (κ2) is 2.83. The smallest absolute Gasteiger partial charge is 0.331 e. The highest BCUT2D eigenvalue weighted by Crippen LogP contribution is 2.44. The maximum Gasteiger partial charge on any atom is 0.331 e. The van der Waals surface area contributed by atoms with Crippen molar-refractivity contribution in [2.45, 2.75) is 32.2 Å². The summed E-state index contributed by atoms with van der Waals surface area (Å²) in [6.07, 6.45) is 5.47. The predicted molar refractivity (Wildman–Crippen MR) is 51.0 cm³/mol. The molecule has 1 aliphatic rings. The van der Waals surface area contributed by atoms with Crippen molar-refractivity contribution in [3.63, 3.8) is 0 Å². The number of aliphatic carboxylic acids is 1. The van der Waals surface area contributed by atoms with E-state index in [9.17, 15) is 9.90 Å². The lowest BCUT2D eigenvalue weighted by atomic mass is 9.96. The Kier molecular flexibility index (Phi) is 1.87. The van der Waals surface area contributed by atoms with Crippen LogP contribution in [0.15, 0.2) is 12.4 Å². The molecule has 76 valence electrons. The fraction of sp³-hybridized carbons (Fsp3) is 0.600. The van der Waals surface area contributed by atoms with Crippen molar-refractivity contribution in [2.75, 3.05) is 0 Å². The highest BCUT2D eigenvalue weighted by molar-refractivity contribution is 5.77. The minimum atomic E-state index is -0.853. The topological polar surface area (TPSA) is 55.1 Å². The fourth-order valence-electron chi connectivity index (χ4n) is 1.77. The van der Waals surface area contributed by atoms with Crippen LogP contribution in [0.4, 0.5) is 0 Å². The zero-order valence-corrected chi connectivity index (χ0v) is 8.40. The second-order valence-electron chi connectivity index (χ2n) is 4.19. The zero-order chi connectivity index (χ0) is 10.3. The van der Waals surface area contributed by atoms with Gasteiger partial charge in [0.25, 0.3) is 0 Å². The summed E-state index contributed by atoms with van der Waals surface area (Å²) < 4.78 is 1.59. The normalized spacial score (nSPS) is 20.4. The standard InChI is InChI=1S/C10H14N2O2/c1-7-5-11-12(6-7)10(2,9(13)14)8-3-4-8/h5-6,8H,3-4H2,1-2H3,(H,13,14). The summed E-state index contributed by atoms with van der Waals surface area (Å²) in [7, 11) is 0. The summed E-state index contributed by atoms with van der Waals surface area (Å²) in [5, 5.41) is 13.4. The van der Waals surface area contributed by atoms with Crippen molar-refractivity contribution < 1.29 is 9.90 Å². The van der Waals surface area contributed by atoms with Crippen LogP contribution in [0, 0.1) is 12.8 Å². The van der Waals surface area contributed by atoms with Crippen LogP contribution >= 0.6 is 0 Å². The molecule has 4 heteroatoms. The van der Waals surface area contributed by atoms with Gasteiger partial charge in [-0.15, -0.1) is 0 Å². The Bertz CT molecular complexity index is 368. The van der Waals surface area contributed by atoms with E-state index < -0.39 is 11.5 Å². The van der Waals surface area contributed by atoms with Crippen molar-refractivity contribution in [3.05, 3.63) is 18.0 Å². The minimum absolute atomic E-state index is 0.235. The van der Waals surface area contributed by atoms with Gasteiger partial charge in [0, 0.05) is 6.20 Å². The van der Waals surface area contributed by atoms with Gasteiger partial charge in [-0.2, -0.15) is 5.10 Å². The van der Waals surface area contributed by atoms with Gasteiger partial charge in [-0.3, -0.25) is 4.68 Å². The molecular weight excluding hydrogens is 180 g/mol. The van der Waals surface area contributed by atoms with Crippen molar-refractivity contribution in [1.29, 1.82) is 0 Å². The SMILES string of the molecule is Cc1cnn(C(C)(C(=O)O)C2CC2)c1. The van der Waals surface area contributed by atoms with Crippen LogP contribution in [0.1, 0.15) is 25.3 Å². The molecule has 0 aromatic carbocycles. The maximum atomic E-state index is 11.3. The van der Waals surface area contributed by atoms with E-state index >= 15 is 0 Å². The molecule has 1 fully saturated rings. The van der Waals surface area contributed by atoms with Gasteiger partial charge in [-0.05, 0) is 38.2 Å². The molecule has 1 saturated carbocycles. The first-order valence-electron chi connectivity index (χ1n) is 4.80. The van der Waals surface area contributed by atoms with Crippen molar-refractivity contribution in [2.24, 2.45) is 5.92 Å². The van der Waals surface area contributed by atoms with Gasteiger partial charge in [0.1, 0.15) is 0 Å². The van der Waals surface area contributed by atoms with Crippen molar-refractivity contribution >= 4 is 5.97 Å². The first-order chi connectivity index (χ1) is 6.55. The Balaban J connectivity index is 2.40. The maximum absolute atomic E-state index is 11.3.